The van der Waals surface area contributed by atoms with Crippen molar-refractivity contribution < 1.29 is 18.0 Å². The molecule has 4 heterocycles. The highest BCUT2D eigenvalue weighted by molar-refractivity contribution is 5.73. The number of piperidine rings is 1. The standard InChI is InChI=1S/C29H31F3N6O2/c1-18(39)36-11-5-9-21(14-36)22-13-24(29(30,31)32)25-16-37(28(40)38(25)15-22)23-10-4-8-20(12-23)26(19-6-3-7-19)27-34-33-17-35(27)2/h4,8,10,12-13,15-17,19,21,26H,3,5-7,9,11,14H2,1-2H3/t21?,26-/m1/s1. The molecule has 2 atom stereocenters. The Bertz CT molecular complexity index is 1630. The topological polar surface area (TPSA) is 77.4 Å². The van der Waals surface area contributed by atoms with Crippen LogP contribution in [0.2, 0.25) is 0 Å². The number of benzene rings is 1. The summed E-state index contributed by atoms with van der Waals surface area (Å²) in [5.74, 6) is 0.796. The minimum atomic E-state index is -4.66. The molecule has 40 heavy (non-hydrogen) atoms. The van der Waals surface area contributed by atoms with E-state index in [0.717, 1.165) is 41.1 Å². The largest absolute Gasteiger partial charge is 0.418 e. The fourth-order valence-electron chi connectivity index (χ4n) is 6.23. The van der Waals surface area contributed by atoms with Gasteiger partial charge in [-0.15, -0.1) is 10.2 Å². The molecule has 1 unspecified atom stereocenters. The smallest absolute Gasteiger partial charge is 0.342 e. The first-order chi connectivity index (χ1) is 19.1. The first kappa shape index (κ1) is 26.3. The summed E-state index contributed by atoms with van der Waals surface area (Å²) in [5, 5.41) is 8.40. The van der Waals surface area contributed by atoms with Crippen molar-refractivity contribution >= 4 is 11.4 Å². The monoisotopic (exact) mass is 552 g/mol. The van der Waals surface area contributed by atoms with Gasteiger partial charge in [-0.25, -0.2) is 4.79 Å². The molecular formula is C29H31F3N6O2. The molecule has 3 aromatic heterocycles. The number of hydrogen-bond acceptors (Lipinski definition) is 4. The Morgan fingerprint density at radius 1 is 1.10 bits per heavy atom. The van der Waals surface area contributed by atoms with E-state index in [-0.39, 0.29) is 23.3 Å². The van der Waals surface area contributed by atoms with Crippen molar-refractivity contribution in [2.45, 2.75) is 57.0 Å². The van der Waals surface area contributed by atoms with Gasteiger partial charge in [0.1, 0.15) is 12.2 Å². The number of aryl methyl sites for hydroxylation is 1. The van der Waals surface area contributed by atoms with Crippen molar-refractivity contribution in [2.24, 2.45) is 13.0 Å². The maximum Gasteiger partial charge on any atom is 0.418 e. The third kappa shape index (κ3) is 4.61. The number of aromatic nitrogens is 5. The van der Waals surface area contributed by atoms with Crippen LogP contribution in [0, 0.1) is 5.92 Å². The normalized spacial score (nSPS) is 19.1. The highest BCUT2D eigenvalue weighted by Gasteiger charge is 2.36. The Morgan fingerprint density at radius 3 is 2.55 bits per heavy atom. The van der Waals surface area contributed by atoms with Gasteiger partial charge in [0.05, 0.1) is 16.8 Å². The molecule has 0 N–H and O–H groups in total. The number of hydrogen-bond donors (Lipinski definition) is 0. The number of fused-ring (bicyclic) bond motifs is 1. The van der Waals surface area contributed by atoms with Gasteiger partial charge in [0.15, 0.2) is 0 Å². The van der Waals surface area contributed by atoms with Gasteiger partial charge in [-0.05, 0) is 60.9 Å². The number of imidazole rings is 1. The van der Waals surface area contributed by atoms with Gasteiger partial charge in [0.25, 0.3) is 0 Å². The number of likely N-dealkylation sites (tertiary alicyclic amines) is 1. The Balaban J connectivity index is 1.45. The van der Waals surface area contributed by atoms with E-state index in [1.807, 2.05) is 29.8 Å². The van der Waals surface area contributed by atoms with E-state index in [9.17, 15) is 22.8 Å². The van der Waals surface area contributed by atoms with E-state index in [1.54, 1.807) is 17.3 Å². The van der Waals surface area contributed by atoms with Crippen LogP contribution in [-0.4, -0.2) is 47.6 Å². The van der Waals surface area contributed by atoms with Crippen LogP contribution in [0.25, 0.3) is 11.2 Å². The Labute approximate surface area is 229 Å². The van der Waals surface area contributed by atoms with E-state index in [1.165, 1.54) is 23.9 Å². The van der Waals surface area contributed by atoms with Crippen molar-refractivity contribution in [2.75, 3.05) is 13.1 Å². The fourth-order valence-corrected chi connectivity index (χ4v) is 6.23. The Hall–Kier alpha value is -3.89. The summed E-state index contributed by atoms with van der Waals surface area (Å²) < 4.78 is 47.2. The highest BCUT2D eigenvalue weighted by atomic mass is 19.4. The van der Waals surface area contributed by atoms with Crippen molar-refractivity contribution in [3.8, 4) is 5.69 Å². The van der Waals surface area contributed by atoms with Crippen LogP contribution in [0.3, 0.4) is 0 Å². The molecule has 0 radical (unpaired) electrons. The molecule has 210 valence electrons. The summed E-state index contributed by atoms with van der Waals surface area (Å²) in [4.78, 5) is 27.2. The van der Waals surface area contributed by atoms with E-state index in [2.05, 4.69) is 10.2 Å². The van der Waals surface area contributed by atoms with Gasteiger partial charge >= 0.3 is 11.9 Å². The summed E-state index contributed by atoms with van der Waals surface area (Å²) >= 11 is 0. The van der Waals surface area contributed by atoms with Crippen molar-refractivity contribution in [3.63, 3.8) is 0 Å². The molecule has 1 aromatic carbocycles. The summed E-state index contributed by atoms with van der Waals surface area (Å²) in [7, 11) is 1.90. The van der Waals surface area contributed by atoms with E-state index < -0.39 is 17.4 Å². The summed E-state index contributed by atoms with van der Waals surface area (Å²) in [6.45, 7) is 2.38. The molecule has 1 saturated heterocycles. The van der Waals surface area contributed by atoms with Gasteiger partial charge in [-0.1, -0.05) is 18.6 Å². The van der Waals surface area contributed by atoms with Crippen LogP contribution in [0.1, 0.15) is 73.4 Å². The van der Waals surface area contributed by atoms with Crippen LogP contribution < -0.4 is 5.69 Å². The van der Waals surface area contributed by atoms with Gasteiger partial charge in [-0.3, -0.25) is 13.8 Å². The Kier molecular flexibility index (Phi) is 6.54. The molecule has 11 heteroatoms. The summed E-state index contributed by atoms with van der Waals surface area (Å²) in [6.07, 6.45) is 4.38. The summed E-state index contributed by atoms with van der Waals surface area (Å²) in [6, 6.07) is 8.56. The molecule has 1 saturated carbocycles. The minimum absolute atomic E-state index is 0.0261. The maximum absolute atomic E-state index is 14.3. The number of rotatable bonds is 5. The fraction of sp³-hybridized carbons (Fsp3) is 0.448. The lowest BCUT2D eigenvalue weighted by Crippen LogP contribution is -2.37. The van der Waals surface area contributed by atoms with Gasteiger partial charge in [0, 0.05) is 51.3 Å². The number of nitrogens with zero attached hydrogens (tertiary/aromatic N) is 6. The molecule has 4 aromatic rings. The highest BCUT2D eigenvalue weighted by Crippen LogP contribution is 2.43. The number of carbonyl (C=O) groups is 1. The number of halogens is 3. The second-order valence-corrected chi connectivity index (χ2v) is 11.1. The predicted molar refractivity (Wildman–Crippen MR) is 142 cm³/mol. The average Bonchev–Trinajstić information content (AvgIpc) is 3.47. The van der Waals surface area contributed by atoms with Crippen molar-refractivity contribution in [1.29, 1.82) is 0 Å². The number of carbonyl (C=O) groups excluding carboxylic acids is 1. The van der Waals surface area contributed by atoms with Crippen molar-refractivity contribution in [3.05, 3.63) is 82.1 Å². The predicted octanol–water partition coefficient (Wildman–Crippen LogP) is 4.90. The molecule has 2 fully saturated rings. The van der Waals surface area contributed by atoms with Crippen LogP contribution in [0.5, 0.6) is 0 Å². The molecule has 8 nitrogen and oxygen atoms in total. The van der Waals surface area contributed by atoms with Crippen LogP contribution in [0.15, 0.2) is 53.8 Å². The lowest BCUT2D eigenvalue weighted by atomic mass is 9.72. The van der Waals surface area contributed by atoms with Gasteiger partial charge in [-0.2, -0.15) is 13.2 Å². The zero-order valence-electron chi connectivity index (χ0n) is 22.4. The van der Waals surface area contributed by atoms with E-state index >= 15 is 0 Å². The maximum atomic E-state index is 14.3. The molecule has 0 bridgehead atoms. The molecule has 2 aliphatic rings. The lowest BCUT2D eigenvalue weighted by molar-refractivity contribution is -0.136. The number of pyridine rings is 1. The number of amides is 1. The van der Waals surface area contributed by atoms with Crippen LogP contribution in [0.4, 0.5) is 13.2 Å². The quantitative estimate of drug-likeness (QED) is 0.353. The molecule has 1 amide bonds. The SMILES string of the molecule is CC(=O)N1CCCC(c2cc(C(F)(F)F)c3cn(-c4cccc([C@H](c5nncn5C)C5CCC5)c4)c(=O)n3c2)C1. The molecule has 6 rings (SSSR count). The first-order valence-electron chi connectivity index (χ1n) is 13.7. The second kappa shape index (κ2) is 9.94. The lowest BCUT2D eigenvalue weighted by Gasteiger charge is -2.33. The molecule has 1 aliphatic heterocycles. The van der Waals surface area contributed by atoms with E-state index in [0.29, 0.717) is 43.1 Å². The third-order valence-corrected chi connectivity index (χ3v) is 8.59. The molecule has 0 spiro atoms. The zero-order valence-corrected chi connectivity index (χ0v) is 22.4. The van der Waals surface area contributed by atoms with Crippen LogP contribution >= 0.6 is 0 Å². The first-order valence-corrected chi connectivity index (χ1v) is 13.7. The third-order valence-electron chi connectivity index (χ3n) is 8.59. The minimum Gasteiger partial charge on any atom is -0.342 e. The second-order valence-electron chi connectivity index (χ2n) is 11.1. The average molecular weight is 553 g/mol. The molecule has 1 aliphatic carbocycles. The van der Waals surface area contributed by atoms with Crippen LogP contribution in [-0.2, 0) is 18.0 Å². The van der Waals surface area contributed by atoms with Gasteiger partial charge in [0.2, 0.25) is 5.91 Å². The number of alkyl halides is 3. The summed E-state index contributed by atoms with van der Waals surface area (Å²) in [5.41, 5.74) is 0.221. The molecular weight excluding hydrogens is 521 g/mol. The Morgan fingerprint density at radius 2 is 1.90 bits per heavy atom. The van der Waals surface area contributed by atoms with Crippen molar-refractivity contribution in [1.82, 2.24) is 28.6 Å². The van der Waals surface area contributed by atoms with Gasteiger partial charge < -0.3 is 9.47 Å². The zero-order chi connectivity index (χ0) is 28.2. The van der Waals surface area contributed by atoms with E-state index in [4.69, 9.17) is 0 Å².